The van der Waals surface area contributed by atoms with E-state index in [4.69, 9.17) is 15.8 Å². The van der Waals surface area contributed by atoms with Crippen molar-refractivity contribution in [3.8, 4) is 5.75 Å². The molecule has 0 aromatic heterocycles. The number of hydrogen-bond acceptors (Lipinski definition) is 4. The largest absolute Gasteiger partial charge is 0.379 e. The molecule has 9 heteroatoms. The van der Waals surface area contributed by atoms with Crippen molar-refractivity contribution < 1.29 is 21.8 Å². The molecule has 2 aromatic carbocycles. The van der Waals surface area contributed by atoms with Crippen LogP contribution in [0.5, 0.6) is 5.75 Å². The summed E-state index contributed by atoms with van der Waals surface area (Å²) in [6.45, 7) is 6.79. The van der Waals surface area contributed by atoms with E-state index in [1.54, 1.807) is 11.0 Å². The number of carbonyl (C=O) groups excluding carboxylic acids is 1. The van der Waals surface area contributed by atoms with Gasteiger partial charge in [0, 0.05) is 23.7 Å². The topological polar surface area (TPSA) is 75.7 Å². The van der Waals surface area contributed by atoms with E-state index in [0.29, 0.717) is 23.7 Å². The van der Waals surface area contributed by atoms with Crippen molar-refractivity contribution in [2.75, 3.05) is 13.1 Å². The van der Waals surface area contributed by atoms with Gasteiger partial charge in [0.2, 0.25) is 0 Å². The van der Waals surface area contributed by atoms with Crippen LogP contribution in [0.4, 0.5) is 9.18 Å². The van der Waals surface area contributed by atoms with E-state index < -0.39 is 15.9 Å². The van der Waals surface area contributed by atoms with Crippen LogP contribution in [0.25, 0.3) is 0 Å². The first-order valence-electron chi connectivity index (χ1n) is 9.13. The molecule has 0 saturated heterocycles. The van der Waals surface area contributed by atoms with Gasteiger partial charge in [-0.15, -0.1) is 0 Å². The van der Waals surface area contributed by atoms with Crippen LogP contribution in [-0.2, 0) is 16.7 Å². The smallest absolute Gasteiger partial charge is 0.339 e. The van der Waals surface area contributed by atoms with Crippen molar-refractivity contribution in [1.82, 2.24) is 10.2 Å². The van der Waals surface area contributed by atoms with Crippen LogP contribution in [-0.4, -0.2) is 32.4 Å². The summed E-state index contributed by atoms with van der Waals surface area (Å²) in [5, 5.41) is 3.13. The van der Waals surface area contributed by atoms with Gasteiger partial charge < -0.3 is 14.4 Å². The fraction of sp³-hybridized carbons (Fsp3) is 0.350. The van der Waals surface area contributed by atoms with E-state index in [1.807, 2.05) is 20.8 Å². The molecule has 158 valence electrons. The first kappa shape index (κ1) is 23.0. The summed E-state index contributed by atoms with van der Waals surface area (Å²) in [4.78, 5) is 13.8. The Balaban J connectivity index is 2.34. The maximum atomic E-state index is 13.1. The highest BCUT2D eigenvalue weighted by atomic mass is 35.5. The van der Waals surface area contributed by atoms with E-state index in [1.165, 1.54) is 12.1 Å². The van der Waals surface area contributed by atoms with Crippen LogP contribution in [0, 0.1) is 11.7 Å². The third-order valence-corrected chi connectivity index (χ3v) is 5.37. The lowest BCUT2D eigenvalue weighted by atomic mass is 10.1. The molecule has 6 nitrogen and oxygen atoms in total. The van der Waals surface area contributed by atoms with Crippen LogP contribution in [0.1, 0.15) is 26.3 Å². The minimum absolute atomic E-state index is 0.0526. The fourth-order valence-corrected chi connectivity index (χ4v) is 3.81. The molecule has 0 unspecified atom stereocenters. The first-order valence-corrected chi connectivity index (χ1v) is 10.9. The summed E-state index contributed by atoms with van der Waals surface area (Å²) < 4.78 is 43.6. The lowest BCUT2D eigenvalue weighted by Gasteiger charge is -2.25. The lowest BCUT2D eigenvalue weighted by molar-refractivity contribution is 0.188. The minimum Gasteiger partial charge on any atom is -0.379 e. The fourth-order valence-electron chi connectivity index (χ4n) is 2.65. The third kappa shape index (κ3) is 6.61. The predicted octanol–water partition coefficient (Wildman–Crippen LogP) is 4.43. The summed E-state index contributed by atoms with van der Waals surface area (Å²) in [5.41, 5.74) is 0.440. The van der Waals surface area contributed by atoms with Crippen LogP contribution in [0.3, 0.4) is 0 Å². The maximum Gasteiger partial charge on any atom is 0.339 e. The van der Waals surface area contributed by atoms with Gasteiger partial charge in [-0.05, 0) is 55.3 Å². The average molecular weight is 443 g/mol. The predicted molar refractivity (Wildman–Crippen MR) is 110 cm³/mol. The second-order valence-corrected chi connectivity index (χ2v) is 8.84. The average Bonchev–Trinajstić information content (AvgIpc) is 2.63. The zero-order valence-electron chi connectivity index (χ0n) is 16.5. The van der Waals surface area contributed by atoms with Gasteiger partial charge in [0.05, 0.1) is 6.54 Å². The molecule has 2 rings (SSSR count). The van der Waals surface area contributed by atoms with Gasteiger partial charge in [0.15, 0.2) is 0 Å². The first-order chi connectivity index (χ1) is 13.6. The van der Waals surface area contributed by atoms with E-state index in [9.17, 15) is 17.6 Å². The van der Waals surface area contributed by atoms with Crippen molar-refractivity contribution >= 4 is 27.8 Å². The molecule has 29 heavy (non-hydrogen) atoms. The standard InChI is InChI=1S/C20H24ClFN2O4S/c1-4-23-20(25)24(12-14(2)3)13-15-11-16(21)5-10-19(15)28-29(26,27)18-8-6-17(22)7-9-18/h5-11,14H,4,12-13H2,1-3H3,(H,23,25). The van der Waals surface area contributed by atoms with Gasteiger partial charge >= 0.3 is 16.1 Å². The molecule has 0 fully saturated rings. The molecular formula is C20H24ClFN2O4S. The second kappa shape index (κ2) is 9.93. The number of urea groups is 1. The Labute approximate surface area is 175 Å². The van der Waals surface area contributed by atoms with Gasteiger partial charge in [-0.2, -0.15) is 8.42 Å². The lowest BCUT2D eigenvalue weighted by Crippen LogP contribution is -2.41. The van der Waals surface area contributed by atoms with Crippen LogP contribution < -0.4 is 9.50 Å². The quantitative estimate of drug-likeness (QED) is 0.613. The number of nitrogens with one attached hydrogen (secondary N) is 1. The maximum absolute atomic E-state index is 13.1. The van der Waals surface area contributed by atoms with Gasteiger partial charge in [0.25, 0.3) is 0 Å². The summed E-state index contributed by atoms with van der Waals surface area (Å²) in [6.07, 6.45) is 0. The van der Waals surface area contributed by atoms with Gasteiger partial charge in [-0.3, -0.25) is 0 Å². The molecule has 0 radical (unpaired) electrons. The highest BCUT2D eigenvalue weighted by Crippen LogP contribution is 2.28. The molecule has 0 aliphatic heterocycles. The van der Waals surface area contributed by atoms with Crippen molar-refractivity contribution in [3.63, 3.8) is 0 Å². The molecule has 2 amide bonds. The molecule has 0 bridgehead atoms. The monoisotopic (exact) mass is 442 g/mol. The van der Waals surface area contributed by atoms with Crippen LogP contribution in [0.2, 0.25) is 5.02 Å². The Morgan fingerprint density at radius 3 is 2.45 bits per heavy atom. The van der Waals surface area contributed by atoms with Gasteiger partial charge in [-0.1, -0.05) is 25.4 Å². The summed E-state index contributed by atoms with van der Waals surface area (Å²) in [6, 6.07) is 8.55. The molecular weight excluding hydrogens is 419 g/mol. The zero-order chi connectivity index (χ0) is 21.6. The summed E-state index contributed by atoms with van der Waals surface area (Å²) in [7, 11) is -4.18. The van der Waals surface area contributed by atoms with Crippen molar-refractivity contribution in [1.29, 1.82) is 0 Å². The highest BCUT2D eigenvalue weighted by molar-refractivity contribution is 7.87. The highest BCUT2D eigenvalue weighted by Gasteiger charge is 2.22. The molecule has 0 atom stereocenters. The number of nitrogens with zero attached hydrogens (tertiary/aromatic N) is 1. The summed E-state index contributed by atoms with van der Waals surface area (Å²) in [5.74, 6) is -0.303. The number of carbonyl (C=O) groups is 1. The Hall–Kier alpha value is -2.32. The van der Waals surface area contributed by atoms with E-state index in [0.717, 1.165) is 24.3 Å². The normalized spacial score (nSPS) is 11.4. The molecule has 2 aromatic rings. The Morgan fingerprint density at radius 1 is 1.21 bits per heavy atom. The number of halogens is 2. The van der Waals surface area contributed by atoms with Crippen molar-refractivity contribution in [3.05, 3.63) is 58.9 Å². The Bertz CT molecular complexity index is 949. The molecule has 0 saturated carbocycles. The second-order valence-electron chi connectivity index (χ2n) is 6.85. The van der Waals surface area contributed by atoms with E-state index >= 15 is 0 Å². The number of hydrogen-bond donors (Lipinski definition) is 1. The number of benzene rings is 2. The number of rotatable bonds is 8. The Kier molecular flexibility index (Phi) is 7.87. The van der Waals surface area contributed by atoms with Gasteiger partial charge in [0.1, 0.15) is 16.5 Å². The van der Waals surface area contributed by atoms with Crippen molar-refractivity contribution in [2.45, 2.75) is 32.2 Å². The SMILES string of the molecule is CCNC(=O)N(Cc1cc(Cl)ccc1OS(=O)(=O)c1ccc(F)cc1)CC(C)C. The molecule has 0 heterocycles. The zero-order valence-corrected chi connectivity index (χ0v) is 18.1. The van der Waals surface area contributed by atoms with E-state index in [2.05, 4.69) is 5.32 Å². The van der Waals surface area contributed by atoms with Crippen LogP contribution >= 0.6 is 11.6 Å². The van der Waals surface area contributed by atoms with Crippen LogP contribution in [0.15, 0.2) is 47.4 Å². The third-order valence-electron chi connectivity index (χ3n) is 3.89. The van der Waals surface area contributed by atoms with E-state index in [-0.39, 0.29) is 29.1 Å². The summed E-state index contributed by atoms with van der Waals surface area (Å²) >= 11 is 6.09. The Morgan fingerprint density at radius 2 is 1.86 bits per heavy atom. The molecule has 0 aliphatic carbocycles. The molecule has 0 aliphatic rings. The van der Waals surface area contributed by atoms with Crippen molar-refractivity contribution in [2.24, 2.45) is 5.92 Å². The van der Waals surface area contributed by atoms with Gasteiger partial charge in [-0.25, -0.2) is 9.18 Å². The minimum atomic E-state index is -4.18. The number of amides is 2. The molecule has 1 N–H and O–H groups in total. The molecule has 0 spiro atoms.